The molecular formula is C25H30ClN5O8. The maximum Gasteiger partial charge on any atom is 0.350 e. The van der Waals surface area contributed by atoms with Crippen LogP contribution in [0.25, 0.3) is 11.2 Å². The lowest BCUT2D eigenvalue weighted by Gasteiger charge is -2.32. The summed E-state index contributed by atoms with van der Waals surface area (Å²) < 4.78 is 23.8. The molecule has 0 radical (unpaired) electrons. The summed E-state index contributed by atoms with van der Waals surface area (Å²) in [5.74, 6) is -1.88. The number of nitrogens with zero attached hydrogens (tertiary/aromatic N) is 4. The Balaban J connectivity index is 1.66. The molecule has 13 nitrogen and oxygen atoms in total. The molecule has 0 spiro atoms. The molecule has 1 aliphatic heterocycles. The van der Waals surface area contributed by atoms with E-state index in [1.165, 1.54) is 17.8 Å². The Morgan fingerprint density at radius 2 is 1.82 bits per heavy atom. The molecule has 210 valence electrons. The van der Waals surface area contributed by atoms with E-state index in [0.29, 0.717) is 5.56 Å². The minimum Gasteiger partial charge on any atom is -0.463 e. The lowest BCUT2D eigenvalue weighted by atomic mass is 9.92. The normalized spacial score (nSPS) is 23.2. The minimum absolute atomic E-state index is 0.0161. The SMILES string of the molecule is CCOC(=O)C(Cc1ccccc1)(OC[C@H]1O[C@@H](n2cnc3c(N)nc(Cl)nc32)[C@H](O)[C@]1(C)O)C(=O)OCC. The van der Waals surface area contributed by atoms with Gasteiger partial charge in [0, 0.05) is 6.42 Å². The monoisotopic (exact) mass is 563 g/mol. The summed E-state index contributed by atoms with van der Waals surface area (Å²) in [6.45, 7) is 4.01. The van der Waals surface area contributed by atoms with Gasteiger partial charge in [-0.05, 0) is 37.9 Å². The number of rotatable bonds is 10. The maximum absolute atomic E-state index is 13.2. The van der Waals surface area contributed by atoms with Crippen LogP contribution in [0.3, 0.4) is 0 Å². The number of anilines is 1. The van der Waals surface area contributed by atoms with Crippen LogP contribution in [0.15, 0.2) is 36.7 Å². The predicted octanol–water partition coefficient (Wildman–Crippen LogP) is 1.20. The van der Waals surface area contributed by atoms with Crippen LogP contribution in [0, 0.1) is 0 Å². The van der Waals surface area contributed by atoms with Crippen molar-refractivity contribution in [3.63, 3.8) is 0 Å². The number of nitrogens with two attached hydrogens (primary N) is 1. The van der Waals surface area contributed by atoms with Gasteiger partial charge in [0.25, 0.3) is 5.60 Å². The number of nitrogen functional groups attached to an aromatic ring is 1. The van der Waals surface area contributed by atoms with Gasteiger partial charge in [0.05, 0.1) is 26.1 Å². The van der Waals surface area contributed by atoms with Crippen LogP contribution >= 0.6 is 11.6 Å². The second kappa shape index (κ2) is 11.4. The van der Waals surface area contributed by atoms with Crippen molar-refractivity contribution in [2.75, 3.05) is 25.6 Å². The Labute approximate surface area is 228 Å². The van der Waals surface area contributed by atoms with Crippen molar-refractivity contribution < 1.29 is 38.7 Å². The highest BCUT2D eigenvalue weighted by molar-refractivity contribution is 6.28. The molecule has 1 fully saturated rings. The number of ether oxygens (including phenoxy) is 4. The van der Waals surface area contributed by atoms with Crippen LogP contribution < -0.4 is 5.73 Å². The molecule has 4 rings (SSSR count). The summed E-state index contributed by atoms with van der Waals surface area (Å²) in [6.07, 6.45) is -2.81. The zero-order valence-corrected chi connectivity index (χ0v) is 22.4. The second-order valence-corrected chi connectivity index (χ2v) is 9.47. The van der Waals surface area contributed by atoms with E-state index in [4.69, 9.17) is 36.3 Å². The van der Waals surface area contributed by atoms with Gasteiger partial charge >= 0.3 is 11.9 Å². The number of aromatic nitrogens is 4. The summed E-state index contributed by atoms with van der Waals surface area (Å²) >= 11 is 5.95. The summed E-state index contributed by atoms with van der Waals surface area (Å²) in [5, 5.41) is 22.1. The van der Waals surface area contributed by atoms with E-state index in [0.717, 1.165) is 0 Å². The fourth-order valence-corrected chi connectivity index (χ4v) is 4.55. The highest BCUT2D eigenvalue weighted by atomic mass is 35.5. The molecule has 4 atom stereocenters. The van der Waals surface area contributed by atoms with Gasteiger partial charge in [0.15, 0.2) is 17.7 Å². The lowest BCUT2D eigenvalue weighted by Crippen LogP contribution is -2.55. The molecule has 0 unspecified atom stereocenters. The molecule has 1 aromatic carbocycles. The fourth-order valence-electron chi connectivity index (χ4n) is 4.38. The Kier molecular flexibility index (Phi) is 8.37. The van der Waals surface area contributed by atoms with E-state index in [2.05, 4.69) is 15.0 Å². The Morgan fingerprint density at radius 1 is 1.18 bits per heavy atom. The fraction of sp³-hybridized carbons (Fsp3) is 0.480. The number of halogens is 1. The molecule has 0 amide bonds. The third-order valence-electron chi connectivity index (χ3n) is 6.51. The van der Waals surface area contributed by atoms with Gasteiger partial charge in [-0.15, -0.1) is 0 Å². The number of carbonyl (C=O) groups excluding carboxylic acids is 2. The number of benzene rings is 1. The van der Waals surface area contributed by atoms with Gasteiger partial charge in [-0.1, -0.05) is 30.3 Å². The molecule has 2 aromatic heterocycles. The molecule has 4 N–H and O–H groups in total. The second-order valence-electron chi connectivity index (χ2n) is 9.13. The van der Waals surface area contributed by atoms with Crippen molar-refractivity contribution in [3.8, 4) is 0 Å². The first kappa shape index (κ1) is 28.6. The Morgan fingerprint density at radius 3 is 2.44 bits per heavy atom. The van der Waals surface area contributed by atoms with Crippen molar-refractivity contribution in [1.82, 2.24) is 19.5 Å². The molecule has 0 saturated carbocycles. The van der Waals surface area contributed by atoms with E-state index < -0.39 is 48.2 Å². The van der Waals surface area contributed by atoms with Crippen LogP contribution in [0.4, 0.5) is 5.82 Å². The first-order valence-corrected chi connectivity index (χ1v) is 12.7. The highest BCUT2D eigenvalue weighted by Gasteiger charge is 2.56. The molecule has 3 heterocycles. The molecule has 1 saturated heterocycles. The number of imidazole rings is 1. The van der Waals surface area contributed by atoms with Crippen LogP contribution in [0.2, 0.25) is 5.28 Å². The average Bonchev–Trinajstić information content (AvgIpc) is 3.41. The molecular weight excluding hydrogens is 534 g/mol. The molecule has 0 aliphatic carbocycles. The number of hydrogen-bond donors (Lipinski definition) is 3. The van der Waals surface area contributed by atoms with E-state index in [1.54, 1.807) is 44.2 Å². The van der Waals surface area contributed by atoms with Gasteiger partial charge in [-0.3, -0.25) is 4.57 Å². The Bertz CT molecular complexity index is 1320. The van der Waals surface area contributed by atoms with Gasteiger partial charge in [0.1, 0.15) is 23.3 Å². The van der Waals surface area contributed by atoms with Crippen molar-refractivity contribution >= 4 is 40.5 Å². The van der Waals surface area contributed by atoms with E-state index >= 15 is 0 Å². The first-order chi connectivity index (χ1) is 18.5. The molecule has 0 bridgehead atoms. The molecule has 14 heteroatoms. The number of carbonyl (C=O) groups is 2. The maximum atomic E-state index is 13.2. The first-order valence-electron chi connectivity index (χ1n) is 12.3. The van der Waals surface area contributed by atoms with Crippen LogP contribution in [0.5, 0.6) is 0 Å². The summed E-state index contributed by atoms with van der Waals surface area (Å²) in [7, 11) is 0. The van der Waals surface area contributed by atoms with Gasteiger partial charge < -0.3 is 34.9 Å². The van der Waals surface area contributed by atoms with Crippen LogP contribution in [-0.2, 0) is 35.0 Å². The minimum atomic E-state index is -2.20. The standard InChI is InChI=1S/C25H30ClN5O8/c1-4-36-21(33)25(22(34)37-5-2,11-14-9-7-6-8-10-14)38-12-15-24(3,35)17(32)20(39-15)31-13-28-16-18(27)29-23(26)30-19(16)31/h6-10,13,15,17,20,32,35H,4-5,11-12H2,1-3H3,(H2,27,29,30)/t15-,17+,20-,24-/m1/s1. The highest BCUT2D eigenvalue weighted by Crippen LogP contribution is 2.39. The number of hydrogen-bond acceptors (Lipinski definition) is 12. The summed E-state index contributed by atoms with van der Waals surface area (Å²) in [6, 6.07) is 8.74. The number of aliphatic hydroxyl groups excluding tert-OH is 1. The number of esters is 2. The van der Waals surface area contributed by atoms with E-state index in [-0.39, 0.29) is 41.9 Å². The third-order valence-corrected chi connectivity index (χ3v) is 6.68. The summed E-state index contributed by atoms with van der Waals surface area (Å²) in [5.41, 5.74) is 2.78. The van der Waals surface area contributed by atoms with E-state index in [1.807, 2.05) is 0 Å². The summed E-state index contributed by atoms with van der Waals surface area (Å²) in [4.78, 5) is 38.6. The quantitative estimate of drug-likeness (QED) is 0.182. The average molecular weight is 564 g/mol. The van der Waals surface area contributed by atoms with Crippen LogP contribution in [-0.4, -0.2) is 84.9 Å². The van der Waals surface area contributed by atoms with Crippen molar-refractivity contribution in [2.45, 2.75) is 56.8 Å². The van der Waals surface area contributed by atoms with Gasteiger partial charge in [-0.25, -0.2) is 14.6 Å². The zero-order valence-electron chi connectivity index (χ0n) is 21.6. The third kappa shape index (κ3) is 5.40. The van der Waals surface area contributed by atoms with Crippen molar-refractivity contribution in [3.05, 3.63) is 47.5 Å². The van der Waals surface area contributed by atoms with Crippen molar-refractivity contribution in [2.24, 2.45) is 0 Å². The lowest BCUT2D eigenvalue weighted by molar-refractivity contribution is -0.199. The smallest absolute Gasteiger partial charge is 0.350 e. The van der Waals surface area contributed by atoms with Gasteiger partial charge in [-0.2, -0.15) is 9.97 Å². The van der Waals surface area contributed by atoms with Gasteiger partial charge in [0.2, 0.25) is 5.28 Å². The largest absolute Gasteiger partial charge is 0.463 e. The molecule has 1 aliphatic rings. The Hall–Kier alpha value is -3.36. The topological polar surface area (TPSA) is 181 Å². The van der Waals surface area contributed by atoms with Crippen molar-refractivity contribution in [1.29, 1.82) is 0 Å². The molecule has 39 heavy (non-hydrogen) atoms. The van der Waals surface area contributed by atoms with Crippen LogP contribution in [0.1, 0.15) is 32.6 Å². The predicted molar refractivity (Wildman–Crippen MR) is 137 cm³/mol. The molecule has 3 aromatic rings. The van der Waals surface area contributed by atoms with E-state index in [9.17, 15) is 19.8 Å². The zero-order chi connectivity index (χ0) is 28.4. The number of aliphatic hydroxyl groups is 2. The number of fused-ring (bicyclic) bond motifs is 1.